The highest BCUT2D eigenvalue weighted by Crippen LogP contribution is 2.28. The third-order valence-corrected chi connectivity index (χ3v) is 4.18. The summed E-state index contributed by atoms with van der Waals surface area (Å²) in [5.74, 6) is -0.0781. The van der Waals surface area contributed by atoms with Gasteiger partial charge in [0, 0.05) is 5.02 Å². The summed E-state index contributed by atoms with van der Waals surface area (Å²) in [7, 11) is 0. The Morgan fingerprint density at radius 1 is 1.07 bits per heavy atom. The van der Waals surface area contributed by atoms with Crippen LogP contribution in [0.2, 0.25) is 10.0 Å². The quantitative estimate of drug-likeness (QED) is 0.713. The highest BCUT2D eigenvalue weighted by molar-refractivity contribution is 6.35. The fourth-order valence-electron chi connectivity index (χ4n) is 2.25. The Balaban J connectivity index is 1.81. The molecule has 0 aliphatic rings. The van der Waals surface area contributed by atoms with Crippen LogP contribution in [-0.2, 0) is 9.59 Å². The van der Waals surface area contributed by atoms with Gasteiger partial charge in [0.2, 0.25) is 0 Å². The molecule has 144 valence electrons. The summed E-state index contributed by atoms with van der Waals surface area (Å²) in [5, 5.41) is 0.744. The van der Waals surface area contributed by atoms with E-state index in [2.05, 4.69) is 10.9 Å². The van der Waals surface area contributed by atoms with Gasteiger partial charge >= 0.3 is 0 Å². The number of rotatable bonds is 6. The lowest BCUT2D eigenvalue weighted by Crippen LogP contribution is -2.48. The predicted molar refractivity (Wildman–Crippen MR) is 104 cm³/mol. The van der Waals surface area contributed by atoms with Gasteiger partial charge in [-0.1, -0.05) is 41.4 Å². The molecule has 1 atom stereocenters. The zero-order valence-corrected chi connectivity index (χ0v) is 16.6. The number of hydrogen-bond donors (Lipinski definition) is 2. The summed E-state index contributed by atoms with van der Waals surface area (Å²) in [6, 6.07) is 10.4. The first-order valence-electron chi connectivity index (χ1n) is 8.17. The number of benzene rings is 2. The molecule has 0 saturated carbocycles. The minimum absolute atomic E-state index is 0.232. The van der Waals surface area contributed by atoms with Gasteiger partial charge in [-0.2, -0.15) is 0 Å². The van der Waals surface area contributed by atoms with Crippen LogP contribution in [0.5, 0.6) is 11.5 Å². The van der Waals surface area contributed by atoms with Gasteiger partial charge in [-0.25, -0.2) is 0 Å². The smallest absolute Gasteiger partial charge is 0.279 e. The molecule has 0 aliphatic carbocycles. The molecule has 0 bridgehead atoms. The summed E-state index contributed by atoms with van der Waals surface area (Å²) in [6.07, 6.45) is -0.886. The second-order valence-electron chi connectivity index (χ2n) is 5.88. The molecule has 27 heavy (non-hydrogen) atoms. The summed E-state index contributed by atoms with van der Waals surface area (Å²) >= 11 is 11.8. The highest BCUT2D eigenvalue weighted by Gasteiger charge is 2.17. The van der Waals surface area contributed by atoms with Crippen LogP contribution in [0.4, 0.5) is 0 Å². The maximum Gasteiger partial charge on any atom is 0.279 e. The van der Waals surface area contributed by atoms with Crippen LogP contribution in [-0.4, -0.2) is 24.5 Å². The van der Waals surface area contributed by atoms with E-state index < -0.39 is 17.9 Å². The van der Waals surface area contributed by atoms with Crippen LogP contribution in [0.3, 0.4) is 0 Å². The van der Waals surface area contributed by atoms with E-state index in [0.29, 0.717) is 16.5 Å². The summed E-state index contributed by atoms with van der Waals surface area (Å²) < 4.78 is 11.0. The molecule has 0 fully saturated rings. The van der Waals surface area contributed by atoms with Crippen molar-refractivity contribution in [1.29, 1.82) is 0 Å². The molecule has 1 unspecified atom stereocenters. The molecule has 0 heterocycles. The van der Waals surface area contributed by atoms with E-state index in [0.717, 1.165) is 11.1 Å². The molecule has 0 spiro atoms. The Kier molecular flexibility index (Phi) is 7.33. The summed E-state index contributed by atoms with van der Waals surface area (Å²) in [6.45, 7) is 5.08. The van der Waals surface area contributed by atoms with E-state index in [1.165, 1.54) is 13.0 Å². The molecule has 2 amide bonds. The first-order chi connectivity index (χ1) is 12.8. The number of halogens is 2. The molecule has 0 saturated heterocycles. The lowest BCUT2D eigenvalue weighted by Gasteiger charge is -2.16. The van der Waals surface area contributed by atoms with Gasteiger partial charge in [0.1, 0.15) is 11.5 Å². The fourth-order valence-corrected chi connectivity index (χ4v) is 2.70. The van der Waals surface area contributed by atoms with Crippen molar-refractivity contribution in [1.82, 2.24) is 10.9 Å². The lowest BCUT2D eigenvalue weighted by atomic mass is 10.1. The maximum absolute atomic E-state index is 12.1. The Morgan fingerprint density at radius 2 is 1.74 bits per heavy atom. The second kappa shape index (κ2) is 9.48. The van der Waals surface area contributed by atoms with Crippen molar-refractivity contribution in [2.24, 2.45) is 0 Å². The van der Waals surface area contributed by atoms with E-state index in [1.807, 2.05) is 32.0 Å². The molecular weight excluding hydrogens is 391 g/mol. The van der Waals surface area contributed by atoms with E-state index in [1.54, 1.807) is 12.1 Å². The number of aryl methyl sites for hydroxylation is 2. The molecule has 2 aromatic rings. The van der Waals surface area contributed by atoms with Gasteiger partial charge in [0.05, 0.1) is 5.02 Å². The average molecular weight is 411 g/mol. The Morgan fingerprint density at radius 3 is 2.37 bits per heavy atom. The van der Waals surface area contributed by atoms with E-state index >= 15 is 0 Å². The number of amides is 2. The Labute approximate surface area is 167 Å². The van der Waals surface area contributed by atoms with Gasteiger partial charge < -0.3 is 9.47 Å². The molecule has 0 aromatic heterocycles. The van der Waals surface area contributed by atoms with Crippen LogP contribution < -0.4 is 20.3 Å². The zero-order valence-electron chi connectivity index (χ0n) is 15.1. The number of ether oxygens (including phenoxy) is 2. The molecule has 2 aromatic carbocycles. The minimum Gasteiger partial charge on any atom is -0.483 e. The summed E-state index contributed by atoms with van der Waals surface area (Å²) in [4.78, 5) is 23.9. The van der Waals surface area contributed by atoms with Gasteiger partial charge in [0.15, 0.2) is 12.7 Å². The summed E-state index contributed by atoms with van der Waals surface area (Å²) in [5.41, 5.74) is 6.42. The van der Waals surface area contributed by atoms with Crippen LogP contribution in [0, 0.1) is 13.8 Å². The second-order valence-corrected chi connectivity index (χ2v) is 6.73. The topological polar surface area (TPSA) is 76.7 Å². The molecule has 2 N–H and O–H groups in total. The van der Waals surface area contributed by atoms with E-state index in [9.17, 15) is 9.59 Å². The SMILES string of the molecule is Cc1cccc(C)c1OCC(=O)NNC(=O)C(C)Oc1ccc(Cl)cc1Cl. The van der Waals surface area contributed by atoms with Crippen molar-refractivity contribution in [3.8, 4) is 11.5 Å². The molecule has 0 radical (unpaired) electrons. The number of hydrogen-bond acceptors (Lipinski definition) is 4. The van der Waals surface area contributed by atoms with Crippen molar-refractivity contribution >= 4 is 35.0 Å². The molecule has 2 rings (SSSR count). The van der Waals surface area contributed by atoms with Crippen LogP contribution >= 0.6 is 23.2 Å². The Bertz CT molecular complexity index is 822. The number of carbonyl (C=O) groups is 2. The van der Waals surface area contributed by atoms with Crippen LogP contribution in [0.1, 0.15) is 18.1 Å². The van der Waals surface area contributed by atoms with Crippen LogP contribution in [0.15, 0.2) is 36.4 Å². The standard InChI is InChI=1S/C19H20Cl2N2O4/c1-11-5-4-6-12(2)18(11)26-10-17(24)22-23-19(25)13(3)27-16-8-7-14(20)9-15(16)21/h4-9,13H,10H2,1-3H3,(H,22,24)(H,23,25). The van der Waals surface area contributed by atoms with E-state index in [4.69, 9.17) is 32.7 Å². The van der Waals surface area contributed by atoms with Gasteiger partial charge in [-0.3, -0.25) is 20.4 Å². The minimum atomic E-state index is -0.886. The van der Waals surface area contributed by atoms with Gasteiger partial charge in [0.25, 0.3) is 11.8 Å². The number of carbonyl (C=O) groups excluding carboxylic acids is 2. The van der Waals surface area contributed by atoms with Gasteiger partial charge in [-0.05, 0) is 50.1 Å². The van der Waals surface area contributed by atoms with Crippen molar-refractivity contribution in [3.05, 3.63) is 57.6 Å². The maximum atomic E-state index is 12.1. The highest BCUT2D eigenvalue weighted by atomic mass is 35.5. The first-order valence-corrected chi connectivity index (χ1v) is 8.93. The van der Waals surface area contributed by atoms with Crippen LogP contribution in [0.25, 0.3) is 0 Å². The van der Waals surface area contributed by atoms with Crippen molar-refractivity contribution in [2.75, 3.05) is 6.61 Å². The average Bonchev–Trinajstić information content (AvgIpc) is 2.61. The molecule has 0 aliphatic heterocycles. The number of hydrazine groups is 1. The monoisotopic (exact) mass is 410 g/mol. The largest absolute Gasteiger partial charge is 0.483 e. The lowest BCUT2D eigenvalue weighted by molar-refractivity contribution is -0.133. The molecule has 8 heteroatoms. The zero-order chi connectivity index (χ0) is 20.0. The van der Waals surface area contributed by atoms with Crippen molar-refractivity contribution in [2.45, 2.75) is 26.9 Å². The first kappa shape index (κ1) is 20.9. The molecular formula is C19H20Cl2N2O4. The third-order valence-electron chi connectivity index (χ3n) is 3.65. The Hall–Kier alpha value is -2.44. The third kappa shape index (κ3) is 6.05. The fraction of sp³-hybridized carbons (Fsp3) is 0.263. The molecule has 6 nitrogen and oxygen atoms in total. The number of nitrogens with one attached hydrogen (secondary N) is 2. The normalized spacial score (nSPS) is 11.4. The van der Waals surface area contributed by atoms with Gasteiger partial charge in [-0.15, -0.1) is 0 Å². The van der Waals surface area contributed by atoms with E-state index in [-0.39, 0.29) is 11.6 Å². The number of para-hydroxylation sites is 1. The van der Waals surface area contributed by atoms with Crippen molar-refractivity contribution < 1.29 is 19.1 Å². The van der Waals surface area contributed by atoms with Crippen molar-refractivity contribution in [3.63, 3.8) is 0 Å². The predicted octanol–water partition coefficient (Wildman–Crippen LogP) is 3.60.